The van der Waals surface area contributed by atoms with E-state index in [2.05, 4.69) is 11.1 Å². The quantitative estimate of drug-likeness (QED) is 0.494. The van der Waals surface area contributed by atoms with Gasteiger partial charge in [0.15, 0.2) is 6.61 Å². The van der Waals surface area contributed by atoms with Gasteiger partial charge < -0.3 is 19.9 Å². The fourth-order valence-electron chi connectivity index (χ4n) is 2.50. The molecule has 0 aliphatic heterocycles. The number of aliphatic carboxylic acids is 2. The molecule has 148 valence electrons. The molecule has 3 aromatic rings. The number of para-hydroxylation sites is 1. The molecule has 0 radical (unpaired) electrons. The van der Waals surface area contributed by atoms with Gasteiger partial charge >= 0.3 is 11.9 Å². The van der Waals surface area contributed by atoms with E-state index < -0.39 is 18.5 Å². The van der Waals surface area contributed by atoms with Gasteiger partial charge in [-0.3, -0.25) is 4.79 Å². The zero-order valence-corrected chi connectivity index (χ0v) is 16.3. The van der Waals surface area contributed by atoms with Crippen molar-refractivity contribution in [3.63, 3.8) is 0 Å². The third-order valence-corrected chi connectivity index (χ3v) is 4.29. The molecule has 0 amide bonds. The van der Waals surface area contributed by atoms with Gasteiger partial charge in [-0.1, -0.05) is 41.4 Å². The Morgan fingerprint density at radius 3 is 2.46 bits per heavy atom. The maximum atomic E-state index is 10.4. The molecular formula is C20H19Cl2NO5. The number of carboxylic acids is 2. The van der Waals surface area contributed by atoms with Crippen LogP contribution in [0.25, 0.3) is 10.9 Å². The molecule has 8 heteroatoms. The first-order valence-electron chi connectivity index (χ1n) is 8.43. The predicted octanol–water partition coefficient (Wildman–Crippen LogP) is 5.03. The average molecular weight is 424 g/mol. The van der Waals surface area contributed by atoms with Crippen molar-refractivity contribution in [2.45, 2.75) is 19.3 Å². The monoisotopic (exact) mass is 423 g/mol. The Balaban J connectivity index is 0.000000203. The Morgan fingerprint density at radius 2 is 1.79 bits per heavy atom. The molecule has 0 aliphatic carbocycles. The van der Waals surface area contributed by atoms with Crippen LogP contribution >= 0.6 is 23.2 Å². The molecule has 0 fully saturated rings. The molecule has 0 atom stereocenters. The summed E-state index contributed by atoms with van der Waals surface area (Å²) in [7, 11) is 0. The molecule has 3 rings (SSSR count). The number of hydrogen-bond donors (Lipinski definition) is 3. The third-order valence-electron chi connectivity index (χ3n) is 3.76. The van der Waals surface area contributed by atoms with Crippen LogP contribution in [0.1, 0.15) is 18.4 Å². The van der Waals surface area contributed by atoms with Crippen LogP contribution in [0.15, 0.2) is 48.7 Å². The summed E-state index contributed by atoms with van der Waals surface area (Å²) in [6, 6.07) is 12.6. The number of rotatable bonds is 7. The highest BCUT2D eigenvalue weighted by atomic mass is 35.5. The lowest BCUT2D eigenvalue weighted by Gasteiger charge is -2.04. The SMILES string of the molecule is O=C(O)CCCc1c[nH]c2ccccc12.O=C(O)COc1ccc(Cl)cc1Cl. The summed E-state index contributed by atoms with van der Waals surface area (Å²) < 4.78 is 4.86. The highest BCUT2D eigenvalue weighted by Gasteiger charge is 2.05. The van der Waals surface area contributed by atoms with Crippen molar-refractivity contribution in [1.82, 2.24) is 4.98 Å². The molecule has 1 aromatic heterocycles. The van der Waals surface area contributed by atoms with Crippen molar-refractivity contribution in [3.05, 3.63) is 64.3 Å². The van der Waals surface area contributed by atoms with Crippen molar-refractivity contribution in [3.8, 4) is 5.75 Å². The lowest BCUT2D eigenvalue weighted by Crippen LogP contribution is -2.09. The Kier molecular flexibility index (Phi) is 8.17. The molecule has 3 N–H and O–H groups in total. The van der Waals surface area contributed by atoms with E-state index in [1.807, 2.05) is 24.4 Å². The van der Waals surface area contributed by atoms with Crippen LogP contribution in [-0.2, 0) is 16.0 Å². The van der Waals surface area contributed by atoms with E-state index in [4.69, 9.17) is 38.2 Å². The van der Waals surface area contributed by atoms with Crippen LogP contribution in [0.2, 0.25) is 10.0 Å². The molecule has 0 bridgehead atoms. The summed E-state index contributed by atoms with van der Waals surface area (Å²) in [5.41, 5.74) is 2.31. The fraction of sp³-hybridized carbons (Fsp3) is 0.200. The van der Waals surface area contributed by atoms with E-state index >= 15 is 0 Å². The second kappa shape index (κ2) is 10.6. The average Bonchev–Trinajstić information content (AvgIpc) is 3.04. The van der Waals surface area contributed by atoms with Crippen molar-refractivity contribution in [2.75, 3.05) is 6.61 Å². The molecule has 0 saturated heterocycles. The summed E-state index contributed by atoms with van der Waals surface area (Å²) >= 11 is 11.3. The Labute approximate surface area is 171 Å². The number of halogens is 2. The van der Waals surface area contributed by atoms with Gasteiger partial charge in [0.2, 0.25) is 0 Å². The van der Waals surface area contributed by atoms with Gasteiger partial charge in [-0.25, -0.2) is 4.79 Å². The second-order valence-corrected chi connectivity index (χ2v) is 6.71. The minimum Gasteiger partial charge on any atom is -0.481 e. The number of hydrogen-bond acceptors (Lipinski definition) is 3. The van der Waals surface area contributed by atoms with E-state index in [0.717, 1.165) is 11.9 Å². The second-order valence-electron chi connectivity index (χ2n) is 5.86. The van der Waals surface area contributed by atoms with Gasteiger partial charge in [0.1, 0.15) is 5.75 Å². The number of carbonyl (C=O) groups is 2. The van der Waals surface area contributed by atoms with Crippen molar-refractivity contribution >= 4 is 46.0 Å². The van der Waals surface area contributed by atoms with Crippen LogP contribution < -0.4 is 4.74 Å². The molecule has 0 unspecified atom stereocenters. The molecule has 0 saturated carbocycles. The molecule has 1 heterocycles. The van der Waals surface area contributed by atoms with Crippen LogP contribution in [0.3, 0.4) is 0 Å². The van der Waals surface area contributed by atoms with Crippen molar-refractivity contribution in [2.24, 2.45) is 0 Å². The number of nitrogens with one attached hydrogen (secondary N) is 1. The largest absolute Gasteiger partial charge is 0.481 e. The zero-order chi connectivity index (χ0) is 20.5. The smallest absolute Gasteiger partial charge is 0.341 e. The molecule has 0 aliphatic rings. The van der Waals surface area contributed by atoms with Gasteiger partial charge in [0.05, 0.1) is 5.02 Å². The molecule has 6 nitrogen and oxygen atoms in total. The fourth-order valence-corrected chi connectivity index (χ4v) is 2.96. The van der Waals surface area contributed by atoms with E-state index in [1.165, 1.54) is 23.1 Å². The summed E-state index contributed by atoms with van der Waals surface area (Å²) in [6.07, 6.45) is 3.71. The summed E-state index contributed by atoms with van der Waals surface area (Å²) in [5, 5.41) is 18.8. The van der Waals surface area contributed by atoms with Crippen LogP contribution in [0.4, 0.5) is 0 Å². The first-order valence-corrected chi connectivity index (χ1v) is 9.19. The van der Waals surface area contributed by atoms with Gasteiger partial charge in [0, 0.05) is 28.5 Å². The van der Waals surface area contributed by atoms with E-state index in [0.29, 0.717) is 22.2 Å². The minimum absolute atomic E-state index is 0.236. The number of aromatic nitrogens is 1. The maximum Gasteiger partial charge on any atom is 0.341 e. The summed E-state index contributed by atoms with van der Waals surface area (Å²) in [4.78, 5) is 23.7. The van der Waals surface area contributed by atoms with Crippen molar-refractivity contribution < 1.29 is 24.5 Å². The Morgan fingerprint density at radius 1 is 1.04 bits per heavy atom. The van der Waals surface area contributed by atoms with E-state index in [1.54, 1.807) is 6.07 Å². The molecule has 2 aromatic carbocycles. The maximum absolute atomic E-state index is 10.4. The Bertz CT molecular complexity index is 955. The molecule has 0 spiro atoms. The number of benzene rings is 2. The zero-order valence-electron chi connectivity index (χ0n) is 14.8. The summed E-state index contributed by atoms with van der Waals surface area (Å²) in [5.74, 6) is -1.46. The van der Waals surface area contributed by atoms with E-state index in [9.17, 15) is 9.59 Å². The van der Waals surface area contributed by atoms with Crippen LogP contribution in [-0.4, -0.2) is 33.7 Å². The van der Waals surface area contributed by atoms with Gasteiger partial charge in [-0.05, 0) is 42.7 Å². The molecular weight excluding hydrogens is 405 g/mol. The van der Waals surface area contributed by atoms with Gasteiger partial charge in [0.25, 0.3) is 0 Å². The first kappa shape index (κ1) is 21.6. The van der Waals surface area contributed by atoms with Crippen LogP contribution in [0.5, 0.6) is 5.75 Å². The normalized spacial score (nSPS) is 10.2. The van der Waals surface area contributed by atoms with Crippen molar-refractivity contribution in [1.29, 1.82) is 0 Å². The lowest BCUT2D eigenvalue weighted by atomic mass is 10.1. The predicted molar refractivity (Wildman–Crippen MR) is 108 cm³/mol. The Hall–Kier alpha value is -2.70. The number of aromatic amines is 1. The van der Waals surface area contributed by atoms with Crippen LogP contribution in [0, 0.1) is 0 Å². The minimum atomic E-state index is -1.05. The first-order chi connectivity index (χ1) is 13.4. The number of ether oxygens (including phenoxy) is 1. The highest BCUT2D eigenvalue weighted by molar-refractivity contribution is 6.35. The number of carboxylic acid groups (broad SMARTS) is 2. The van der Waals surface area contributed by atoms with E-state index in [-0.39, 0.29) is 6.42 Å². The number of H-pyrrole nitrogens is 1. The van der Waals surface area contributed by atoms with Gasteiger partial charge in [-0.15, -0.1) is 0 Å². The van der Waals surface area contributed by atoms with Gasteiger partial charge in [-0.2, -0.15) is 0 Å². The standard InChI is InChI=1S/C12H13NO2.C8H6Cl2O3/c14-12(15)7-3-4-9-8-13-11-6-2-1-5-10(9)11;9-5-1-2-7(6(10)3-5)13-4-8(11)12/h1-2,5-6,8,13H,3-4,7H2,(H,14,15);1-3H,4H2,(H,11,12). The highest BCUT2D eigenvalue weighted by Crippen LogP contribution is 2.27. The lowest BCUT2D eigenvalue weighted by molar-refractivity contribution is -0.139. The third kappa shape index (κ3) is 6.79. The number of fused-ring (bicyclic) bond motifs is 1. The number of aryl methyl sites for hydroxylation is 1. The summed E-state index contributed by atoms with van der Waals surface area (Å²) in [6.45, 7) is -0.415. The molecule has 28 heavy (non-hydrogen) atoms. The topological polar surface area (TPSA) is 99.6 Å².